The maximum atomic E-state index is 13.2. The lowest BCUT2D eigenvalue weighted by Crippen LogP contribution is -2.48. The number of Topliss-reactive ketones (excluding diaryl/α,β-unsaturated/α-hetero) is 1. The van der Waals surface area contributed by atoms with E-state index < -0.39 is 0 Å². The van der Waals surface area contributed by atoms with E-state index >= 15 is 0 Å². The van der Waals surface area contributed by atoms with Gasteiger partial charge in [0.05, 0.1) is 13.3 Å². The highest BCUT2D eigenvalue weighted by molar-refractivity contribution is 5.99. The Morgan fingerprint density at radius 1 is 1.24 bits per heavy atom. The largest absolute Gasteiger partial charge is 0.493 e. The fourth-order valence-electron chi connectivity index (χ4n) is 5.52. The Kier molecular flexibility index (Phi) is 3.09. The molecule has 4 nitrogen and oxygen atoms in total. The molecule has 4 aliphatic carbocycles. The number of aromatic nitrogens is 2. The van der Waals surface area contributed by atoms with Gasteiger partial charge in [-0.25, -0.2) is 0 Å². The first kappa shape index (κ1) is 13.4. The van der Waals surface area contributed by atoms with Crippen molar-refractivity contribution >= 4 is 5.78 Å². The third-order valence-corrected chi connectivity index (χ3v) is 6.09. The second kappa shape index (κ2) is 4.85. The van der Waals surface area contributed by atoms with Crippen molar-refractivity contribution < 1.29 is 9.53 Å². The number of ketones is 1. The summed E-state index contributed by atoms with van der Waals surface area (Å²) < 4.78 is 7.20. The van der Waals surface area contributed by atoms with Crippen LogP contribution in [0, 0.1) is 29.6 Å². The highest BCUT2D eigenvalue weighted by Crippen LogP contribution is 2.57. The van der Waals surface area contributed by atoms with Crippen LogP contribution in [0.25, 0.3) is 0 Å². The fraction of sp³-hybridized carbons (Fsp3) is 0.765. The predicted molar refractivity (Wildman–Crippen MR) is 79.3 cm³/mol. The van der Waals surface area contributed by atoms with Gasteiger partial charge in [0.2, 0.25) is 0 Å². The van der Waals surface area contributed by atoms with Crippen molar-refractivity contribution in [1.82, 2.24) is 9.78 Å². The van der Waals surface area contributed by atoms with Gasteiger partial charge in [0.1, 0.15) is 5.69 Å². The number of carbonyl (C=O) groups excluding carboxylic acids is 1. The van der Waals surface area contributed by atoms with Crippen molar-refractivity contribution in [2.75, 3.05) is 7.11 Å². The Hall–Kier alpha value is -1.32. The standard InChI is InChI=1S/C17H24N2O2/c1-3-19-16(14(21-2)9-18-19)17(20)15-12-5-10-4-11(7-12)8-13(15)6-10/h9-13,15H,3-8H2,1-2H3. The zero-order valence-corrected chi connectivity index (χ0v) is 12.9. The van der Waals surface area contributed by atoms with Gasteiger partial charge in [0.15, 0.2) is 11.5 Å². The summed E-state index contributed by atoms with van der Waals surface area (Å²) >= 11 is 0. The van der Waals surface area contributed by atoms with Gasteiger partial charge < -0.3 is 4.74 Å². The van der Waals surface area contributed by atoms with E-state index in [2.05, 4.69) is 5.10 Å². The molecule has 21 heavy (non-hydrogen) atoms. The van der Waals surface area contributed by atoms with Crippen LogP contribution in [0.1, 0.15) is 49.5 Å². The van der Waals surface area contributed by atoms with Gasteiger partial charge in [-0.05, 0) is 62.7 Å². The molecule has 1 aromatic rings. The van der Waals surface area contributed by atoms with Crippen LogP contribution >= 0.6 is 0 Å². The van der Waals surface area contributed by atoms with Gasteiger partial charge in [-0.3, -0.25) is 9.48 Å². The molecule has 1 aromatic heterocycles. The molecule has 114 valence electrons. The first-order chi connectivity index (χ1) is 10.2. The van der Waals surface area contributed by atoms with E-state index in [1.807, 2.05) is 11.6 Å². The quantitative estimate of drug-likeness (QED) is 0.799. The van der Waals surface area contributed by atoms with E-state index in [1.165, 1.54) is 32.1 Å². The van der Waals surface area contributed by atoms with Crippen LogP contribution < -0.4 is 4.74 Å². The van der Waals surface area contributed by atoms with Gasteiger partial charge in [-0.15, -0.1) is 0 Å². The van der Waals surface area contributed by atoms with E-state index in [0.29, 0.717) is 29.1 Å². The maximum absolute atomic E-state index is 13.2. The number of rotatable bonds is 4. The molecule has 0 N–H and O–H groups in total. The van der Waals surface area contributed by atoms with E-state index in [4.69, 9.17) is 4.74 Å². The van der Waals surface area contributed by atoms with Crippen molar-refractivity contribution in [1.29, 1.82) is 0 Å². The summed E-state index contributed by atoms with van der Waals surface area (Å²) in [5, 5.41) is 4.31. The van der Waals surface area contributed by atoms with Gasteiger partial charge in [-0.1, -0.05) is 0 Å². The first-order valence-corrected chi connectivity index (χ1v) is 8.35. The normalized spacial score (nSPS) is 37.0. The van der Waals surface area contributed by atoms with Crippen LogP contribution in [0.4, 0.5) is 0 Å². The summed E-state index contributed by atoms with van der Waals surface area (Å²) in [6, 6.07) is 0. The van der Waals surface area contributed by atoms with Gasteiger partial charge in [-0.2, -0.15) is 5.10 Å². The number of hydrogen-bond acceptors (Lipinski definition) is 3. The predicted octanol–water partition coefficient (Wildman–Crippen LogP) is 3.17. The summed E-state index contributed by atoms with van der Waals surface area (Å²) in [6.07, 6.45) is 8.19. The monoisotopic (exact) mass is 288 g/mol. The molecule has 5 rings (SSSR count). The molecule has 4 saturated carbocycles. The van der Waals surface area contributed by atoms with Crippen LogP contribution in [0.5, 0.6) is 5.75 Å². The molecule has 0 spiro atoms. The van der Waals surface area contributed by atoms with E-state index in [9.17, 15) is 4.79 Å². The van der Waals surface area contributed by atoms with Crippen LogP contribution in [-0.2, 0) is 6.54 Å². The lowest BCUT2D eigenvalue weighted by atomic mass is 9.51. The molecule has 4 aliphatic rings. The topological polar surface area (TPSA) is 44.1 Å². The highest BCUT2D eigenvalue weighted by atomic mass is 16.5. The molecule has 0 radical (unpaired) electrons. The van der Waals surface area contributed by atoms with Crippen LogP contribution in [0.3, 0.4) is 0 Å². The van der Waals surface area contributed by atoms with Crippen LogP contribution in [0.2, 0.25) is 0 Å². The number of hydrogen-bond donors (Lipinski definition) is 0. The molecule has 0 saturated heterocycles. The average Bonchev–Trinajstić information content (AvgIpc) is 2.88. The van der Waals surface area contributed by atoms with Crippen LogP contribution in [0.15, 0.2) is 6.20 Å². The minimum Gasteiger partial charge on any atom is -0.493 e. The van der Waals surface area contributed by atoms with Crippen molar-refractivity contribution in [3.8, 4) is 5.75 Å². The lowest BCUT2D eigenvalue weighted by molar-refractivity contribution is -0.0255. The van der Waals surface area contributed by atoms with Gasteiger partial charge in [0.25, 0.3) is 0 Å². The minimum absolute atomic E-state index is 0.216. The van der Waals surface area contributed by atoms with Crippen molar-refractivity contribution in [3.05, 3.63) is 11.9 Å². The Morgan fingerprint density at radius 2 is 1.86 bits per heavy atom. The second-order valence-corrected chi connectivity index (χ2v) is 7.20. The maximum Gasteiger partial charge on any atom is 0.188 e. The molecule has 1 heterocycles. The third-order valence-electron chi connectivity index (χ3n) is 6.09. The molecule has 0 aliphatic heterocycles. The number of ether oxygens (including phenoxy) is 1. The average molecular weight is 288 g/mol. The molecule has 0 unspecified atom stereocenters. The molecule has 0 atom stereocenters. The SMILES string of the molecule is CCn1ncc(OC)c1C(=O)C1C2CC3CC(C2)CC1C3. The Bertz CT molecular complexity index is 514. The summed E-state index contributed by atoms with van der Waals surface area (Å²) in [6.45, 7) is 2.75. The zero-order chi connectivity index (χ0) is 14.6. The van der Waals surface area contributed by atoms with E-state index in [1.54, 1.807) is 13.3 Å². The highest BCUT2D eigenvalue weighted by Gasteiger charge is 2.51. The second-order valence-electron chi connectivity index (χ2n) is 7.20. The summed E-state index contributed by atoms with van der Waals surface area (Å²) in [7, 11) is 1.63. The molecular weight excluding hydrogens is 264 g/mol. The molecular formula is C17H24N2O2. The lowest BCUT2D eigenvalue weighted by Gasteiger charge is -2.53. The molecule has 0 amide bonds. The molecule has 4 bridgehead atoms. The Morgan fingerprint density at radius 3 is 2.38 bits per heavy atom. The number of nitrogens with zero attached hydrogens (tertiary/aromatic N) is 2. The van der Waals surface area contributed by atoms with Crippen molar-refractivity contribution in [3.63, 3.8) is 0 Å². The zero-order valence-electron chi connectivity index (χ0n) is 12.9. The molecule has 0 aromatic carbocycles. The minimum atomic E-state index is 0.216. The number of carbonyl (C=O) groups is 1. The number of aryl methyl sites for hydroxylation is 1. The van der Waals surface area contributed by atoms with Gasteiger partial charge >= 0.3 is 0 Å². The summed E-state index contributed by atoms with van der Waals surface area (Å²) in [4.78, 5) is 13.2. The molecule has 4 fully saturated rings. The summed E-state index contributed by atoms with van der Waals surface area (Å²) in [5.74, 6) is 4.17. The molecule has 4 heteroatoms. The Balaban J connectivity index is 1.67. The third kappa shape index (κ3) is 1.95. The van der Waals surface area contributed by atoms with Crippen molar-refractivity contribution in [2.24, 2.45) is 29.6 Å². The van der Waals surface area contributed by atoms with Gasteiger partial charge in [0, 0.05) is 12.5 Å². The smallest absolute Gasteiger partial charge is 0.188 e. The first-order valence-electron chi connectivity index (χ1n) is 8.35. The van der Waals surface area contributed by atoms with E-state index in [-0.39, 0.29) is 5.92 Å². The number of methoxy groups -OCH3 is 1. The fourth-order valence-corrected chi connectivity index (χ4v) is 5.52. The van der Waals surface area contributed by atoms with E-state index in [0.717, 1.165) is 18.4 Å². The Labute approximate surface area is 125 Å². The summed E-state index contributed by atoms with van der Waals surface area (Å²) in [5.41, 5.74) is 0.706. The van der Waals surface area contributed by atoms with Crippen LogP contribution in [-0.4, -0.2) is 22.7 Å². The van der Waals surface area contributed by atoms with Crippen molar-refractivity contribution in [2.45, 2.75) is 45.6 Å².